The lowest BCUT2D eigenvalue weighted by Gasteiger charge is -2.06. The molecule has 0 aliphatic rings. The van der Waals surface area contributed by atoms with Crippen molar-refractivity contribution in [3.63, 3.8) is 0 Å². The van der Waals surface area contributed by atoms with Crippen LogP contribution in [0, 0.1) is 11.8 Å². The van der Waals surface area contributed by atoms with Gasteiger partial charge in [-0.25, -0.2) is 4.79 Å². The zero-order chi connectivity index (χ0) is 14.3. The van der Waals surface area contributed by atoms with Crippen molar-refractivity contribution < 1.29 is 19.4 Å². The number of benzene rings is 1. The van der Waals surface area contributed by atoms with Crippen LogP contribution in [-0.4, -0.2) is 30.6 Å². The van der Waals surface area contributed by atoms with Crippen LogP contribution in [0.15, 0.2) is 18.2 Å². The molecule has 0 bridgehead atoms. The second kappa shape index (κ2) is 7.07. The van der Waals surface area contributed by atoms with Crippen molar-refractivity contribution in [3.8, 4) is 17.6 Å². The number of rotatable bonds is 4. The van der Waals surface area contributed by atoms with E-state index in [-0.39, 0.29) is 17.2 Å². The molecule has 0 heterocycles. The molecule has 19 heavy (non-hydrogen) atoms. The SMILES string of the molecule is COc1cccc(C#CCCNC(C)=O)c1C(=O)O. The maximum absolute atomic E-state index is 11.2. The fourth-order valence-electron chi connectivity index (χ4n) is 1.48. The number of hydrogen-bond donors (Lipinski definition) is 2. The van der Waals surface area contributed by atoms with E-state index in [9.17, 15) is 9.59 Å². The summed E-state index contributed by atoms with van der Waals surface area (Å²) in [6.45, 7) is 1.87. The molecule has 1 aromatic carbocycles. The van der Waals surface area contributed by atoms with Crippen molar-refractivity contribution in [1.82, 2.24) is 5.32 Å². The highest BCUT2D eigenvalue weighted by atomic mass is 16.5. The summed E-state index contributed by atoms with van der Waals surface area (Å²) in [5.74, 6) is 4.68. The Hall–Kier alpha value is -2.48. The Labute approximate surface area is 111 Å². The summed E-state index contributed by atoms with van der Waals surface area (Å²) in [6.07, 6.45) is 0.454. The highest BCUT2D eigenvalue weighted by Crippen LogP contribution is 2.21. The molecule has 0 fully saturated rings. The van der Waals surface area contributed by atoms with Crippen LogP contribution in [0.2, 0.25) is 0 Å². The molecule has 1 aromatic rings. The van der Waals surface area contributed by atoms with Gasteiger partial charge in [-0.3, -0.25) is 4.79 Å². The van der Waals surface area contributed by atoms with Crippen LogP contribution in [0.4, 0.5) is 0 Å². The van der Waals surface area contributed by atoms with Crippen LogP contribution < -0.4 is 10.1 Å². The molecule has 0 aliphatic carbocycles. The van der Waals surface area contributed by atoms with Gasteiger partial charge < -0.3 is 15.2 Å². The quantitative estimate of drug-likeness (QED) is 0.632. The maximum atomic E-state index is 11.2. The van der Waals surface area contributed by atoms with Gasteiger partial charge >= 0.3 is 5.97 Å². The van der Waals surface area contributed by atoms with E-state index in [1.165, 1.54) is 14.0 Å². The minimum Gasteiger partial charge on any atom is -0.496 e. The zero-order valence-electron chi connectivity index (χ0n) is 10.8. The lowest BCUT2D eigenvalue weighted by molar-refractivity contribution is -0.118. The van der Waals surface area contributed by atoms with Gasteiger partial charge in [0.1, 0.15) is 11.3 Å². The maximum Gasteiger partial charge on any atom is 0.340 e. The molecule has 0 spiro atoms. The second-order valence-electron chi connectivity index (χ2n) is 3.72. The van der Waals surface area contributed by atoms with Crippen LogP contribution in [0.25, 0.3) is 0 Å². The van der Waals surface area contributed by atoms with Crippen molar-refractivity contribution in [2.24, 2.45) is 0 Å². The van der Waals surface area contributed by atoms with E-state index in [2.05, 4.69) is 17.2 Å². The van der Waals surface area contributed by atoms with E-state index in [0.29, 0.717) is 18.5 Å². The van der Waals surface area contributed by atoms with Crippen molar-refractivity contribution >= 4 is 11.9 Å². The molecule has 0 radical (unpaired) electrons. The molecule has 0 unspecified atom stereocenters. The first-order chi connectivity index (χ1) is 9.06. The Morgan fingerprint density at radius 3 is 2.74 bits per heavy atom. The monoisotopic (exact) mass is 261 g/mol. The van der Waals surface area contributed by atoms with E-state index in [0.717, 1.165) is 0 Å². The predicted molar refractivity (Wildman–Crippen MR) is 70.1 cm³/mol. The average Bonchev–Trinajstić information content (AvgIpc) is 2.37. The second-order valence-corrected chi connectivity index (χ2v) is 3.72. The number of nitrogens with one attached hydrogen (secondary N) is 1. The Balaban J connectivity index is 2.86. The minimum atomic E-state index is -1.08. The van der Waals surface area contributed by atoms with Gasteiger partial charge in [0.2, 0.25) is 5.91 Å². The summed E-state index contributed by atoms with van der Waals surface area (Å²) in [5, 5.41) is 11.8. The van der Waals surface area contributed by atoms with Gasteiger partial charge in [-0.05, 0) is 12.1 Å². The van der Waals surface area contributed by atoms with Gasteiger partial charge in [0.05, 0.1) is 7.11 Å². The van der Waals surface area contributed by atoms with Crippen molar-refractivity contribution in [2.45, 2.75) is 13.3 Å². The Morgan fingerprint density at radius 2 is 2.16 bits per heavy atom. The van der Waals surface area contributed by atoms with E-state index < -0.39 is 5.97 Å². The van der Waals surface area contributed by atoms with Gasteiger partial charge in [0.15, 0.2) is 0 Å². The summed E-state index contributed by atoms with van der Waals surface area (Å²) >= 11 is 0. The first kappa shape index (κ1) is 14.6. The topological polar surface area (TPSA) is 75.6 Å². The number of carbonyl (C=O) groups excluding carboxylic acids is 1. The molecule has 1 amide bonds. The molecule has 0 saturated carbocycles. The van der Waals surface area contributed by atoms with Crippen molar-refractivity contribution in [2.75, 3.05) is 13.7 Å². The molecule has 100 valence electrons. The number of amides is 1. The van der Waals surface area contributed by atoms with Gasteiger partial charge in [0.25, 0.3) is 0 Å². The van der Waals surface area contributed by atoms with Crippen LogP contribution >= 0.6 is 0 Å². The fourth-order valence-corrected chi connectivity index (χ4v) is 1.48. The lowest BCUT2D eigenvalue weighted by atomic mass is 10.1. The Kier molecular flexibility index (Phi) is 5.42. The van der Waals surface area contributed by atoms with Crippen molar-refractivity contribution in [1.29, 1.82) is 0 Å². The highest BCUT2D eigenvalue weighted by molar-refractivity contribution is 5.94. The fraction of sp³-hybridized carbons (Fsp3) is 0.286. The standard InChI is InChI=1S/C14H15NO4/c1-10(16)15-9-4-3-6-11-7-5-8-12(19-2)13(11)14(17)18/h5,7-8H,4,9H2,1-2H3,(H,15,16)(H,17,18). The lowest BCUT2D eigenvalue weighted by Crippen LogP contribution is -2.20. The largest absolute Gasteiger partial charge is 0.496 e. The summed E-state index contributed by atoms with van der Waals surface area (Å²) in [4.78, 5) is 21.8. The molecular weight excluding hydrogens is 246 g/mol. The molecule has 0 aliphatic heterocycles. The number of ether oxygens (including phenoxy) is 1. The van der Waals surface area contributed by atoms with Crippen molar-refractivity contribution in [3.05, 3.63) is 29.3 Å². The highest BCUT2D eigenvalue weighted by Gasteiger charge is 2.14. The predicted octanol–water partition coefficient (Wildman–Crippen LogP) is 1.27. The van der Waals surface area contributed by atoms with Crippen LogP contribution in [0.5, 0.6) is 5.75 Å². The van der Waals surface area contributed by atoms with Gasteiger partial charge in [-0.15, -0.1) is 0 Å². The van der Waals surface area contributed by atoms with Crippen LogP contribution in [-0.2, 0) is 4.79 Å². The van der Waals surface area contributed by atoms with E-state index in [4.69, 9.17) is 9.84 Å². The molecule has 0 aromatic heterocycles. The average molecular weight is 261 g/mol. The number of carbonyl (C=O) groups is 2. The number of hydrogen-bond acceptors (Lipinski definition) is 3. The first-order valence-corrected chi connectivity index (χ1v) is 5.70. The minimum absolute atomic E-state index is 0.0528. The molecule has 0 saturated heterocycles. The first-order valence-electron chi connectivity index (χ1n) is 5.70. The number of aromatic carboxylic acids is 1. The molecule has 1 rings (SSSR count). The number of carboxylic acids is 1. The molecule has 0 atom stereocenters. The zero-order valence-corrected chi connectivity index (χ0v) is 10.8. The molecule has 5 heteroatoms. The summed E-state index contributed by atoms with van der Waals surface area (Å²) in [7, 11) is 1.41. The van der Waals surface area contributed by atoms with Gasteiger partial charge in [-0.1, -0.05) is 17.9 Å². The van der Waals surface area contributed by atoms with Gasteiger partial charge in [0, 0.05) is 25.5 Å². The molecule has 2 N–H and O–H groups in total. The number of carboxylic acid groups (broad SMARTS) is 1. The van der Waals surface area contributed by atoms with E-state index >= 15 is 0 Å². The van der Waals surface area contributed by atoms with Crippen LogP contribution in [0.1, 0.15) is 29.3 Å². The summed E-state index contributed by atoms with van der Waals surface area (Å²) in [5.41, 5.74) is 0.451. The smallest absolute Gasteiger partial charge is 0.340 e. The third-order valence-electron chi connectivity index (χ3n) is 2.31. The molecular formula is C14H15NO4. The van der Waals surface area contributed by atoms with Crippen LogP contribution in [0.3, 0.4) is 0 Å². The normalized spacial score (nSPS) is 9.16. The van der Waals surface area contributed by atoms with E-state index in [1.807, 2.05) is 0 Å². The Morgan fingerprint density at radius 1 is 1.42 bits per heavy atom. The summed E-state index contributed by atoms with van der Waals surface area (Å²) in [6, 6.07) is 4.88. The third-order valence-corrected chi connectivity index (χ3v) is 2.31. The van der Waals surface area contributed by atoms with Gasteiger partial charge in [-0.2, -0.15) is 0 Å². The molecule has 5 nitrogen and oxygen atoms in total. The van der Waals surface area contributed by atoms with E-state index in [1.54, 1.807) is 18.2 Å². The third kappa shape index (κ3) is 4.36. The summed E-state index contributed by atoms with van der Waals surface area (Å²) < 4.78 is 5.00. The number of methoxy groups -OCH3 is 1. The Bertz CT molecular complexity index is 540.